The van der Waals surface area contributed by atoms with Crippen LogP contribution in [0.5, 0.6) is 0 Å². The van der Waals surface area contributed by atoms with Gasteiger partial charge in [0.1, 0.15) is 0 Å². The standard InChI is InChI=1S/C17H36O4S2/c1-17(2,3)23(20,21)16-14-12-10-8-6-4-5-7-9-11-13-15-22(18)19/h4-16H2,1-3H3,(H,18,19). The number of hydrogen-bond donors (Lipinski definition) is 1. The molecular formula is C17H36O4S2. The summed E-state index contributed by atoms with van der Waals surface area (Å²) in [5.74, 6) is 0.722. The van der Waals surface area contributed by atoms with Gasteiger partial charge >= 0.3 is 0 Å². The van der Waals surface area contributed by atoms with Crippen molar-refractivity contribution in [3.05, 3.63) is 0 Å². The van der Waals surface area contributed by atoms with Crippen LogP contribution in [0, 0.1) is 0 Å². The van der Waals surface area contributed by atoms with Crippen molar-refractivity contribution in [1.82, 2.24) is 0 Å². The maximum Gasteiger partial charge on any atom is 0.155 e. The molecule has 0 rings (SSSR count). The lowest BCUT2D eigenvalue weighted by Gasteiger charge is -2.18. The molecule has 0 aliphatic carbocycles. The monoisotopic (exact) mass is 368 g/mol. The third-order valence-electron chi connectivity index (χ3n) is 4.17. The molecular weight excluding hydrogens is 332 g/mol. The van der Waals surface area contributed by atoms with Crippen molar-refractivity contribution >= 4 is 20.9 Å². The second-order valence-corrected chi connectivity index (χ2v) is 11.3. The molecule has 0 bridgehead atoms. The van der Waals surface area contributed by atoms with Gasteiger partial charge in [0.25, 0.3) is 0 Å². The van der Waals surface area contributed by atoms with Gasteiger partial charge in [-0.25, -0.2) is 12.6 Å². The maximum atomic E-state index is 11.9. The van der Waals surface area contributed by atoms with Crippen LogP contribution in [0.2, 0.25) is 0 Å². The number of sulfone groups is 1. The van der Waals surface area contributed by atoms with E-state index >= 15 is 0 Å². The Labute approximate surface area is 146 Å². The van der Waals surface area contributed by atoms with Gasteiger partial charge in [-0.3, -0.25) is 0 Å². The Morgan fingerprint density at radius 1 is 0.739 bits per heavy atom. The van der Waals surface area contributed by atoms with Crippen LogP contribution in [0.15, 0.2) is 0 Å². The van der Waals surface area contributed by atoms with E-state index in [4.69, 9.17) is 4.55 Å². The highest BCUT2D eigenvalue weighted by atomic mass is 32.2. The summed E-state index contributed by atoms with van der Waals surface area (Å²) < 4.78 is 42.4. The molecule has 0 aromatic rings. The van der Waals surface area contributed by atoms with Gasteiger partial charge in [-0.15, -0.1) is 0 Å². The van der Waals surface area contributed by atoms with E-state index in [1.165, 1.54) is 32.1 Å². The molecule has 1 N–H and O–H groups in total. The summed E-state index contributed by atoms with van der Waals surface area (Å²) >= 11 is -1.63. The summed E-state index contributed by atoms with van der Waals surface area (Å²) in [6.07, 6.45) is 12.1. The third kappa shape index (κ3) is 13.1. The topological polar surface area (TPSA) is 71.4 Å². The van der Waals surface area contributed by atoms with E-state index < -0.39 is 25.7 Å². The van der Waals surface area contributed by atoms with Gasteiger partial charge in [0.2, 0.25) is 0 Å². The van der Waals surface area contributed by atoms with Crippen molar-refractivity contribution in [3.63, 3.8) is 0 Å². The van der Waals surface area contributed by atoms with Crippen molar-refractivity contribution in [2.75, 3.05) is 11.5 Å². The average molecular weight is 369 g/mol. The second-order valence-electron chi connectivity index (χ2n) is 7.35. The summed E-state index contributed by atoms with van der Waals surface area (Å²) in [4.78, 5) is 0. The highest BCUT2D eigenvalue weighted by molar-refractivity contribution is 7.92. The van der Waals surface area contributed by atoms with E-state index in [1.807, 2.05) is 0 Å². The van der Waals surface area contributed by atoms with Gasteiger partial charge in [-0.05, 0) is 33.6 Å². The Morgan fingerprint density at radius 3 is 1.43 bits per heavy atom. The lowest BCUT2D eigenvalue weighted by atomic mass is 10.1. The minimum Gasteiger partial charge on any atom is -0.306 e. The minimum absolute atomic E-state index is 0.315. The van der Waals surface area contributed by atoms with Crippen LogP contribution >= 0.6 is 0 Å². The van der Waals surface area contributed by atoms with Crippen molar-refractivity contribution in [2.24, 2.45) is 0 Å². The highest BCUT2D eigenvalue weighted by Gasteiger charge is 2.27. The molecule has 0 radical (unpaired) electrons. The SMILES string of the molecule is CC(C)(C)S(=O)(=O)CCCCCCCCCCCCCS(=O)O. The predicted molar refractivity (Wildman–Crippen MR) is 100.0 cm³/mol. The summed E-state index contributed by atoms with van der Waals surface area (Å²) in [6.45, 7) is 5.31. The number of unbranched alkanes of at least 4 members (excludes halogenated alkanes) is 10. The summed E-state index contributed by atoms with van der Waals surface area (Å²) in [5, 5.41) is 0. The van der Waals surface area contributed by atoms with Crippen LogP contribution in [-0.2, 0) is 20.9 Å². The molecule has 1 atom stereocenters. The molecule has 0 fully saturated rings. The summed E-state index contributed by atoms with van der Waals surface area (Å²) in [5.41, 5.74) is 0. The Bertz CT molecular complexity index is 411. The molecule has 1 unspecified atom stereocenters. The highest BCUT2D eigenvalue weighted by Crippen LogP contribution is 2.18. The molecule has 0 aromatic carbocycles. The zero-order valence-electron chi connectivity index (χ0n) is 15.2. The molecule has 0 saturated heterocycles. The van der Waals surface area contributed by atoms with Gasteiger partial charge in [0.05, 0.1) is 10.5 Å². The Hall–Kier alpha value is 0.0600. The molecule has 0 amide bonds. The summed E-state index contributed by atoms with van der Waals surface area (Å²) in [6, 6.07) is 0. The quantitative estimate of drug-likeness (QED) is 0.356. The normalized spacial score (nSPS) is 14.1. The van der Waals surface area contributed by atoms with Crippen molar-refractivity contribution in [3.8, 4) is 0 Å². The molecule has 0 heterocycles. The Balaban J connectivity index is 3.33. The largest absolute Gasteiger partial charge is 0.306 e. The fraction of sp³-hybridized carbons (Fsp3) is 1.00. The van der Waals surface area contributed by atoms with Crippen LogP contribution in [0.3, 0.4) is 0 Å². The van der Waals surface area contributed by atoms with Crippen LogP contribution in [0.25, 0.3) is 0 Å². The van der Waals surface area contributed by atoms with E-state index in [2.05, 4.69) is 0 Å². The predicted octanol–water partition coefficient (Wildman–Crippen LogP) is 4.71. The van der Waals surface area contributed by atoms with Gasteiger partial charge in [0, 0.05) is 5.75 Å². The molecule has 0 saturated carbocycles. The van der Waals surface area contributed by atoms with Crippen LogP contribution < -0.4 is 0 Å². The third-order valence-corrected chi connectivity index (χ3v) is 7.50. The lowest BCUT2D eigenvalue weighted by molar-refractivity contribution is 0.540. The van der Waals surface area contributed by atoms with Crippen molar-refractivity contribution in [1.29, 1.82) is 0 Å². The molecule has 23 heavy (non-hydrogen) atoms. The fourth-order valence-electron chi connectivity index (χ4n) is 2.41. The zero-order chi connectivity index (χ0) is 17.8. The van der Waals surface area contributed by atoms with Crippen molar-refractivity contribution < 1.29 is 17.2 Å². The Morgan fingerprint density at radius 2 is 1.09 bits per heavy atom. The van der Waals surface area contributed by atoms with Gasteiger partial charge < -0.3 is 4.55 Å². The smallest absolute Gasteiger partial charge is 0.155 e. The van der Waals surface area contributed by atoms with Crippen molar-refractivity contribution in [2.45, 2.75) is 96.1 Å². The fourth-order valence-corrected chi connectivity index (χ4v) is 4.06. The number of rotatable bonds is 14. The van der Waals surface area contributed by atoms with E-state index in [-0.39, 0.29) is 0 Å². The van der Waals surface area contributed by atoms with Crippen LogP contribution in [0.4, 0.5) is 0 Å². The number of hydrogen-bond acceptors (Lipinski definition) is 3. The van der Waals surface area contributed by atoms with E-state index in [1.54, 1.807) is 20.8 Å². The molecule has 140 valence electrons. The molecule has 0 spiro atoms. The molecule has 0 aromatic heterocycles. The van der Waals surface area contributed by atoms with Gasteiger partial charge in [0.15, 0.2) is 20.9 Å². The Kier molecular flexibility index (Phi) is 12.5. The van der Waals surface area contributed by atoms with E-state index in [9.17, 15) is 12.6 Å². The molecule has 0 aliphatic rings. The van der Waals surface area contributed by atoms with Crippen LogP contribution in [-0.4, -0.2) is 33.4 Å². The molecule has 4 nitrogen and oxygen atoms in total. The van der Waals surface area contributed by atoms with Gasteiger partial charge in [-0.2, -0.15) is 0 Å². The van der Waals surface area contributed by atoms with Crippen LogP contribution in [0.1, 0.15) is 91.4 Å². The maximum absolute atomic E-state index is 11.9. The first-order valence-corrected chi connectivity index (χ1v) is 11.9. The zero-order valence-corrected chi connectivity index (χ0v) is 16.8. The van der Waals surface area contributed by atoms with Gasteiger partial charge in [-0.1, -0.05) is 57.8 Å². The first kappa shape index (κ1) is 23.1. The van der Waals surface area contributed by atoms with E-state index in [0.717, 1.165) is 38.5 Å². The summed E-state index contributed by atoms with van der Waals surface area (Å²) in [7, 11) is -2.95. The average Bonchev–Trinajstić information content (AvgIpc) is 2.42. The minimum atomic E-state index is -2.95. The van der Waals surface area contributed by atoms with E-state index in [0.29, 0.717) is 11.5 Å². The second kappa shape index (κ2) is 12.4. The molecule has 6 heteroatoms. The lowest BCUT2D eigenvalue weighted by Crippen LogP contribution is -2.30. The first-order chi connectivity index (χ1) is 10.7. The molecule has 0 aliphatic heterocycles. The first-order valence-electron chi connectivity index (χ1n) is 8.96.